The van der Waals surface area contributed by atoms with Gasteiger partial charge in [-0.1, -0.05) is 30.9 Å². The van der Waals surface area contributed by atoms with E-state index < -0.39 is 10.1 Å². The zero-order chi connectivity index (χ0) is 10.8. The zero-order valence-corrected chi connectivity index (χ0v) is 8.71. The minimum absolute atomic E-state index is 0.365. The van der Waals surface area contributed by atoms with Crippen LogP contribution in [-0.4, -0.2) is 13.0 Å². The van der Waals surface area contributed by atoms with Crippen molar-refractivity contribution < 1.29 is 13.0 Å². The Kier molecular flexibility index (Phi) is 3.08. The van der Waals surface area contributed by atoms with Gasteiger partial charge in [-0.05, 0) is 23.6 Å². The van der Waals surface area contributed by atoms with Crippen LogP contribution in [0.2, 0.25) is 0 Å². The molecule has 0 aliphatic heterocycles. The summed E-state index contributed by atoms with van der Waals surface area (Å²) in [5.74, 6) is -0.365. The van der Waals surface area contributed by atoms with Gasteiger partial charge >= 0.3 is 0 Å². The number of aryl methyl sites for hydroxylation is 1. The second kappa shape index (κ2) is 3.94. The van der Waals surface area contributed by atoms with E-state index in [2.05, 4.69) is 6.58 Å². The molecule has 1 aromatic carbocycles. The van der Waals surface area contributed by atoms with E-state index in [1.807, 2.05) is 13.0 Å². The number of hydrogen-bond donors (Lipinski definition) is 1. The summed E-state index contributed by atoms with van der Waals surface area (Å²) in [5, 5.41) is 0. The highest BCUT2D eigenvalue weighted by Crippen LogP contribution is 2.17. The molecule has 1 aromatic rings. The van der Waals surface area contributed by atoms with Crippen LogP contribution < -0.4 is 0 Å². The van der Waals surface area contributed by atoms with E-state index >= 15 is 0 Å². The second-order valence-electron chi connectivity index (χ2n) is 3.08. The third-order valence-corrected chi connectivity index (χ3v) is 2.63. The molecule has 0 aliphatic carbocycles. The Morgan fingerprint density at radius 1 is 1.50 bits per heavy atom. The molecule has 0 amide bonds. The third kappa shape index (κ3) is 2.68. The summed E-state index contributed by atoms with van der Waals surface area (Å²) in [7, 11) is -3.97. The Morgan fingerprint density at radius 3 is 2.64 bits per heavy atom. The minimum atomic E-state index is -3.97. The van der Waals surface area contributed by atoms with Crippen LogP contribution in [0.4, 0.5) is 0 Å². The first-order valence-corrected chi connectivity index (χ1v) is 5.71. The molecular formula is C10H12O3S. The van der Waals surface area contributed by atoms with E-state index in [1.165, 1.54) is 0 Å². The summed E-state index contributed by atoms with van der Waals surface area (Å²) in [4.78, 5) is 0. The molecule has 14 heavy (non-hydrogen) atoms. The van der Waals surface area contributed by atoms with Gasteiger partial charge in [0.2, 0.25) is 0 Å². The first-order chi connectivity index (χ1) is 6.44. The van der Waals surface area contributed by atoms with Crippen molar-refractivity contribution in [2.75, 3.05) is 0 Å². The van der Waals surface area contributed by atoms with Crippen molar-refractivity contribution >= 4 is 16.2 Å². The van der Waals surface area contributed by atoms with E-state index in [0.29, 0.717) is 5.56 Å². The van der Waals surface area contributed by atoms with Gasteiger partial charge in [0.15, 0.2) is 0 Å². The molecule has 1 rings (SSSR count). The monoisotopic (exact) mass is 212 g/mol. The largest absolute Gasteiger partial charge is 0.285 e. The zero-order valence-electron chi connectivity index (χ0n) is 7.90. The standard InChI is InChI=1S/C10H12O3S/c1-3-10-8(2)5-4-6-9(10)7-14(11,12)13/h3-6H,1,7H2,2H3,(H,11,12,13). The van der Waals surface area contributed by atoms with Crippen LogP contribution in [0.1, 0.15) is 16.7 Å². The summed E-state index contributed by atoms with van der Waals surface area (Å²) in [5.41, 5.74) is 2.29. The topological polar surface area (TPSA) is 54.4 Å². The highest BCUT2D eigenvalue weighted by Gasteiger charge is 2.10. The van der Waals surface area contributed by atoms with Crippen molar-refractivity contribution in [1.29, 1.82) is 0 Å². The number of benzene rings is 1. The van der Waals surface area contributed by atoms with E-state index in [1.54, 1.807) is 18.2 Å². The van der Waals surface area contributed by atoms with Crippen molar-refractivity contribution in [1.82, 2.24) is 0 Å². The van der Waals surface area contributed by atoms with Crippen LogP contribution in [0.5, 0.6) is 0 Å². The van der Waals surface area contributed by atoms with Crippen LogP contribution in [0.15, 0.2) is 24.8 Å². The average Bonchev–Trinajstić information content (AvgIpc) is 2.01. The highest BCUT2D eigenvalue weighted by atomic mass is 32.2. The maximum Gasteiger partial charge on any atom is 0.269 e. The molecule has 1 N–H and O–H groups in total. The summed E-state index contributed by atoms with van der Waals surface area (Å²) >= 11 is 0. The highest BCUT2D eigenvalue weighted by molar-refractivity contribution is 7.85. The molecule has 0 aliphatic rings. The van der Waals surface area contributed by atoms with Crippen LogP contribution in [0.25, 0.3) is 6.08 Å². The Bertz CT molecular complexity index is 446. The normalized spacial score (nSPS) is 11.3. The van der Waals surface area contributed by atoms with Crippen molar-refractivity contribution in [3.8, 4) is 0 Å². The number of hydrogen-bond acceptors (Lipinski definition) is 2. The molecule has 0 saturated carbocycles. The van der Waals surface area contributed by atoms with E-state index in [9.17, 15) is 8.42 Å². The summed E-state index contributed by atoms with van der Waals surface area (Å²) in [6.07, 6.45) is 1.59. The van der Waals surface area contributed by atoms with Gasteiger partial charge in [-0.3, -0.25) is 4.55 Å². The first kappa shape index (κ1) is 10.9. The van der Waals surface area contributed by atoms with E-state index in [0.717, 1.165) is 11.1 Å². The fourth-order valence-electron chi connectivity index (χ4n) is 1.36. The van der Waals surface area contributed by atoms with Crippen LogP contribution in [-0.2, 0) is 15.9 Å². The van der Waals surface area contributed by atoms with Gasteiger partial charge in [-0.25, -0.2) is 0 Å². The number of rotatable bonds is 3. The molecule has 0 radical (unpaired) electrons. The molecule has 0 saturated heterocycles. The van der Waals surface area contributed by atoms with Gasteiger partial charge < -0.3 is 0 Å². The Morgan fingerprint density at radius 2 is 2.14 bits per heavy atom. The molecule has 0 atom stereocenters. The van der Waals surface area contributed by atoms with E-state index in [-0.39, 0.29) is 5.75 Å². The molecule has 4 heteroatoms. The molecule has 0 fully saturated rings. The second-order valence-corrected chi connectivity index (χ2v) is 4.53. The fraction of sp³-hybridized carbons (Fsp3) is 0.200. The van der Waals surface area contributed by atoms with Gasteiger partial charge in [0.1, 0.15) is 5.75 Å². The Labute approximate surface area is 83.8 Å². The van der Waals surface area contributed by atoms with Crippen molar-refractivity contribution in [3.05, 3.63) is 41.5 Å². The lowest BCUT2D eigenvalue weighted by Crippen LogP contribution is -2.03. The molecule has 76 valence electrons. The molecule has 0 unspecified atom stereocenters. The molecule has 0 spiro atoms. The molecule has 3 nitrogen and oxygen atoms in total. The maximum atomic E-state index is 10.7. The molecule has 0 heterocycles. The summed E-state index contributed by atoms with van der Waals surface area (Å²) < 4.78 is 30.1. The summed E-state index contributed by atoms with van der Waals surface area (Å²) in [6.45, 7) is 5.47. The predicted octanol–water partition coefficient (Wildman–Crippen LogP) is 2.03. The Hall–Kier alpha value is -1.13. The molecular weight excluding hydrogens is 200 g/mol. The van der Waals surface area contributed by atoms with Gasteiger partial charge in [0, 0.05) is 0 Å². The summed E-state index contributed by atoms with van der Waals surface area (Å²) in [6, 6.07) is 5.28. The third-order valence-electron chi connectivity index (χ3n) is 1.96. The first-order valence-electron chi connectivity index (χ1n) is 4.10. The average molecular weight is 212 g/mol. The van der Waals surface area contributed by atoms with Gasteiger partial charge in [0.05, 0.1) is 0 Å². The Balaban J connectivity index is 3.21. The van der Waals surface area contributed by atoms with Crippen LogP contribution in [0, 0.1) is 6.92 Å². The van der Waals surface area contributed by atoms with E-state index in [4.69, 9.17) is 4.55 Å². The smallest absolute Gasteiger partial charge is 0.269 e. The van der Waals surface area contributed by atoms with Gasteiger partial charge in [0.25, 0.3) is 10.1 Å². The van der Waals surface area contributed by atoms with Gasteiger partial charge in [-0.2, -0.15) is 8.42 Å². The quantitative estimate of drug-likeness (QED) is 0.780. The van der Waals surface area contributed by atoms with Crippen molar-refractivity contribution in [2.24, 2.45) is 0 Å². The molecule has 0 bridgehead atoms. The van der Waals surface area contributed by atoms with Gasteiger partial charge in [-0.15, -0.1) is 0 Å². The van der Waals surface area contributed by atoms with Crippen molar-refractivity contribution in [2.45, 2.75) is 12.7 Å². The van der Waals surface area contributed by atoms with Crippen molar-refractivity contribution in [3.63, 3.8) is 0 Å². The van der Waals surface area contributed by atoms with Crippen LogP contribution in [0.3, 0.4) is 0 Å². The minimum Gasteiger partial charge on any atom is -0.285 e. The van der Waals surface area contributed by atoms with Crippen LogP contribution >= 0.6 is 0 Å². The SMILES string of the molecule is C=Cc1c(C)cccc1CS(=O)(=O)O. The lowest BCUT2D eigenvalue weighted by Gasteiger charge is -2.06. The lowest BCUT2D eigenvalue weighted by molar-refractivity contribution is 0.482. The fourth-order valence-corrected chi connectivity index (χ4v) is 2.00. The maximum absolute atomic E-state index is 10.7. The predicted molar refractivity (Wildman–Crippen MR) is 56.5 cm³/mol. The lowest BCUT2D eigenvalue weighted by atomic mass is 10.0. The molecule has 0 aromatic heterocycles.